The van der Waals surface area contributed by atoms with E-state index in [0.29, 0.717) is 13.1 Å². The molecule has 4 nitrogen and oxygen atoms in total. The zero-order valence-electron chi connectivity index (χ0n) is 14.1. The Morgan fingerprint density at radius 1 is 1.16 bits per heavy atom. The second kappa shape index (κ2) is 6.61. The van der Waals surface area contributed by atoms with Crippen LogP contribution in [0.5, 0.6) is 0 Å². The van der Waals surface area contributed by atoms with Gasteiger partial charge in [0.25, 0.3) is 5.91 Å². The number of rotatable bonds is 3. The molecule has 1 saturated heterocycles. The molecule has 0 spiro atoms. The first-order chi connectivity index (χ1) is 12.1. The van der Waals surface area contributed by atoms with Crippen molar-refractivity contribution in [1.82, 2.24) is 14.4 Å². The van der Waals surface area contributed by atoms with Crippen LogP contribution >= 0.6 is 11.3 Å². The molecule has 0 unspecified atom stereocenters. The molecule has 0 radical (unpaired) electrons. The van der Waals surface area contributed by atoms with E-state index in [1.807, 2.05) is 40.1 Å². The maximum atomic E-state index is 13.3. The van der Waals surface area contributed by atoms with Crippen molar-refractivity contribution >= 4 is 27.5 Å². The summed E-state index contributed by atoms with van der Waals surface area (Å²) in [6.45, 7) is 3.74. The SMILES string of the molecule is Cn1c(C(=O)N2CCN(Cc3cccc(F)c3)CC2)cc2sccc21. The van der Waals surface area contributed by atoms with Crippen LogP contribution < -0.4 is 0 Å². The summed E-state index contributed by atoms with van der Waals surface area (Å²) in [5.41, 5.74) is 2.83. The fourth-order valence-corrected chi connectivity index (χ4v) is 4.27. The molecule has 0 saturated carbocycles. The number of amides is 1. The maximum absolute atomic E-state index is 13.3. The lowest BCUT2D eigenvalue weighted by atomic mass is 10.2. The summed E-state index contributed by atoms with van der Waals surface area (Å²) >= 11 is 1.66. The fraction of sp³-hybridized carbons (Fsp3) is 0.316. The van der Waals surface area contributed by atoms with Gasteiger partial charge in [0.05, 0.1) is 10.2 Å². The average molecular weight is 357 g/mol. The first-order valence-electron chi connectivity index (χ1n) is 8.41. The van der Waals surface area contributed by atoms with Crippen molar-refractivity contribution in [3.05, 3.63) is 58.9 Å². The van der Waals surface area contributed by atoms with Gasteiger partial charge in [-0.15, -0.1) is 11.3 Å². The van der Waals surface area contributed by atoms with Gasteiger partial charge in [-0.25, -0.2) is 4.39 Å². The van der Waals surface area contributed by atoms with Crippen LogP contribution in [0.1, 0.15) is 16.1 Å². The van der Waals surface area contributed by atoms with Crippen LogP contribution in [0.25, 0.3) is 10.2 Å². The molecule has 0 bridgehead atoms. The first-order valence-corrected chi connectivity index (χ1v) is 9.29. The van der Waals surface area contributed by atoms with E-state index < -0.39 is 0 Å². The lowest BCUT2D eigenvalue weighted by molar-refractivity contribution is 0.0619. The van der Waals surface area contributed by atoms with Crippen LogP contribution in [-0.4, -0.2) is 46.5 Å². The molecule has 1 aliphatic heterocycles. The Hall–Kier alpha value is -2.18. The van der Waals surface area contributed by atoms with E-state index in [0.717, 1.165) is 41.1 Å². The molecule has 4 rings (SSSR count). The smallest absolute Gasteiger partial charge is 0.270 e. The zero-order valence-corrected chi connectivity index (χ0v) is 14.9. The highest BCUT2D eigenvalue weighted by Gasteiger charge is 2.24. The third-order valence-electron chi connectivity index (χ3n) is 4.84. The Labute approximate surface area is 150 Å². The van der Waals surface area contributed by atoms with Crippen molar-refractivity contribution in [2.24, 2.45) is 7.05 Å². The summed E-state index contributed by atoms with van der Waals surface area (Å²) in [6, 6.07) is 10.8. The molecule has 3 heterocycles. The summed E-state index contributed by atoms with van der Waals surface area (Å²) in [6.07, 6.45) is 0. The number of nitrogens with zero attached hydrogens (tertiary/aromatic N) is 3. The Kier molecular flexibility index (Phi) is 4.31. The van der Waals surface area contributed by atoms with Crippen LogP contribution in [0.15, 0.2) is 41.8 Å². The first kappa shape index (κ1) is 16.3. The Balaban J connectivity index is 1.40. The number of hydrogen-bond acceptors (Lipinski definition) is 3. The van der Waals surface area contributed by atoms with Gasteiger partial charge in [-0.05, 0) is 35.2 Å². The molecule has 3 aromatic rings. The zero-order chi connectivity index (χ0) is 17.4. The van der Waals surface area contributed by atoms with Gasteiger partial charge >= 0.3 is 0 Å². The average Bonchev–Trinajstić information content (AvgIpc) is 3.18. The topological polar surface area (TPSA) is 28.5 Å². The van der Waals surface area contributed by atoms with Crippen LogP contribution in [-0.2, 0) is 13.6 Å². The summed E-state index contributed by atoms with van der Waals surface area (Å²) < 4.78 is 16.4. The lowest BCUT2D eigenvalue weighted by Crippen LogP contribution is -2.48. The maximum Gasteiger partial charge on any atom is 0.270 e. The van der Waals surface area contributed by atoms with Crippen molar-refractivity contribution in [2.45, 2.75) is 6.54 Å². The highest BCUT2D eigenvalue weighted by Crippen LogP contribution is 2.25. The minimum Gasteiger partial charge on any atom is -0.339 e. The van der Waals surface area contributed by atoms with E-state index in [9.17, 15) is 9.18 Å². The number of fused-ring (bicyclic) bond motifs is 1. The van der Waals surface area contributed by atoms with Gasteiger partial charge in [-0.1, -0.05) is 12.1 Å². The summed E-state index contributed by atoms with van der Waals surface area (Å²) in [5.74, 6) is -0.105. The molecule has 1 fully saturated rings. The lowest BCUT2D eigenvalue weighted by Gasteiger charge is -2.34. The Bertz CT molecular complexity index is 908. The number of carbonyl (C=O) groups excluding carboxylic acids is 1. The predicted octanol–water partition coefficient (Wildman–Crippen LogP) is 3.34. The van der Waals surface area contributed by atoms with Crippen LogP contribution in [0, 0.1) is 5.82 Å². The Morgan fingerprint density at radius 3 is 2.68 bits per heavy atom. The normalized spacial score (nSPS) is 15.8. The van der Waals surface area contributed by atoms with Gasteiger partial charge in [0, 0.05) is 39.8 Å². The number of hydrogen-bond donors (Lipinski definition) is 0. The molecule has 130 valence electrons. The molecule has 0 N–H and O–H groups in total. The van der Waals surface area contributed by atoms with E-state index in [-0.39, 0.29) is 11.7 Å². The fourth-order valence-electron chi connectivity index (χ4n) is 3.42. The molecule has 2 aromatic heterocycles. The number of thiophene rings is 1. The van der Waals surface area contributed by atoms with Gasteiger partial charge in [-0.2, -0.15) is 0 Å². The molecular formula is C19H20FN3OS. The monoisotopic (exact) mass is 357 g/mol. The van der Waals surface area contributed by atoms with Crippen LogP contribution in [0.3, 0.4) is 0 Å². The number of halogens is 1. The number of piperazine rings is 1. The van der Waals surface area contributed by atoms with Crippen molar-refractivity contribution < 1.29 is 9.18 Å². The third-order valence-corrected chi connectivity index (χ3v) is 5.69. The van der Waals surface area contributed by atoms with E-state index in [1.165, 1.54) is 6.07 Å². The van der Waals surface area contributed by atoms with Gasteiger partial charge in [0.15, 0.2) is 0 Å². The molecule has 1 aromatic carbocycles. The molecule has 1 aliphatic rings. The summed E-state index contributed by atoms with van der Waals surface area (Å²) in [7, 11) is 1.95. The van der Waals surface area contributed by atoms with Crippen molar-refractivity contribution in [2.75, 3.05) is 26.2 Å². The largest absolute Gasteiger partial charge is 0.339 e. The van der Waals surface area contributed by atoms with Crippen molar-refractivity contribution in [1.29, 1.82) is 0 Å². The number of benzene rings is 1. The molecule has 0 aliphatic carbocycles. The van der Waals surface area contributed by atoms with Crippen LogP contribution in [0.2, 0.25) is 0 Å². The van der Waals surface area contributed by atoms with E-state index in [4.69, 9.17) is 0 Å². The van der Waals surface area contributed by atoms with Crippen molar-refractivity contribution in [3.8, 4) is 0 Å². The second-order valence-corrected chi connectivity index (χ2v) is 7.40. The Morgan fingerprint density at radius 2 is 1.96 bits per heavy atom. The quantitative estimate of drug-likeness (QED) is 0.719. The molecule has 1 amide bonds. The molecule has 25 heavy (non-hydrogen) atoms. The highest BCUT2D eigenvalue weighted by molar-refractivity contribution is 7.17. The minimum atomic E-state index is -0.199. The molecule has 6 heteroatoms. The minimum absolute atomic E-state index is 0.0938. The van der Waals surface area contributed by atoms with Crippen LogP contribution in [0.4, 0.5) is 4.39 Å². The summed E-state index contributed by atoms with van der Waals surface area (Å²) in [5, 5.41) is 2.05. The van der Waals surface area contributed by atoms with E-state index in [2.05, 4.69) is 4.90 Å². The van der Waals surface area contributed by atoms with Gasteiger partial charge < -0.3 is 9.47 Å². The third kappa shape index (κ3) is 3.19. The second-order valence-electron chi connectivity index (χ2n) is 6.46. The predicted molar refractivity (Wildman–Crippen MR) is 98.4 cm³/mol. The number of aromatic nitrogens is 1. The molecular weight excluding hydrogens is 337 g/mol. The van der Waals surface area contributed by atoms with E-state index in [1.54, 1.807) is 23.5 Å². The van der Waals surface area contributed by atoms with E-state index >= 15 is 0 Å². The number of aryl methyl sites for hydroxylation is 1. The summed E-state index contributed by atoms with van der Waals surface area (Å²) in [4.78, 5) is 17.0. The van der Waals surface area contributed by atoms with Gasteiger partial charge in [0.2, 0.25) is 0 Å². The van der Waals surface area contributed by atoms with Gasteiger partial charge in [0.1, 0.15) is 11.5 Å². The standard InChI is InChI=1S/C19H20FN3OS/c1-21-16-5-10-25-18(16)12-17(21)19(24)23-8-6-22(7-9-23)13-14-3-2-4-15(20)11-14/h2-5,10-12H,6-9,13H2,1H3. The highest BCUT2D eigenvalue weighted by atomic mass is 32.1. The number of carbonyl (C=O) groups is 1. The van der Waals surface area contributed by atoms with Gasteiger partial charge in [-0.3, -0.25) is 9.69 Å². The molecule has 0 atom stereocenters. The van der Waals surface area contributed by atoms with Crippen molar-refractivity contribution in [3.63, 3.8) is 0 Å².